The third-order valence-electron chi connectivity index (χ3n) is 3.76. The third-order valence-corrected chi connectivity index (χ3v) is 4.64. The van der Waals surface area contributed by atoms with E-state index in [0.29, 0.717) is 12.2 Å². The van der Waals surface area contributed by atoms with Gasteiger partial charge in [-0.05, 0) is 46.8 Å². The fourth-order valence-electron chi connectivity index (χ4n) is 2.46. The number of ether oxygens (including phenoxy) is 1. The highest BCUT2D eigenvalue weighted by molar-refractivity contribution is 7.09. The highest BCUT2D eigenvalue weighted by atomic mass is 32.1. The first-order valence-electron chi connectivity index (χ1n) is 8.08. The van der Waals surface area contributed by atoms with E-state index in [2.05, 4.69) is 22.8 Å². The standard InChI is InChI=1S/C20H20N2O2S/c21-20(23)17-4-1-3-16(13-17)15-6-8-18(9-7-15)24-11-10-22-14-19-5-2-12-25-19/h1-9,12-13,22H,10-11,14H2,(H2,21,23). The number of thiophene rings is 1. The van der Waals surface area contributed by atoms with Gasteiger partial charge in [0.05, 0.1) is 0 Å². The fraction of sp³-hybridized carbons (Fsp3) is 0.150. The van der Waals surface area contributed by atoms with Crippen molar-refractivity contribution in [1.82, 2.24) is 5.32 Å². The summed E-state index contributed by atoms with van der Waals surface area (Å²) in [7, 11) is 0. The lowest BCUT2D eigenvalue weighted by Crippen LogP contribution is -2.20. The Morgan fingerprint density at radius 2 is 1.88 bits per heavy atom. The Balaban J connectivity index is 1.50. The molecule has 3 N–H and O–H groups in total. The zero-order valence-electron chi connectivity index (χ0n) is 13.8. The van der Waals surface area contributed by atoms with E-state index in [-0.39, 0.29) is 0 Å². The number of benzene rings is 2. The summed E-state index contributed by atoms with van der Waals surface area (Å²) in [5.74, 6) is 0.407. The summed E-state index contributed by atoms with van der Waals surface area (Å²) in [6.45, 7) is 2.28. The van der Waals surface area contributed by atoms with Crippen molar-refractivity contribution in [3.05, 3.63) is 76.5 Å². The van der Waals surface area contributed by atoms with Gasteiger partial charge in [-0.3, -0.25) is 4.79 Å². The van der Waals surface area contributed by atoms with Gasteiger partial charge in [0.15, 0.2) is 0 Å². The quantitative estimate of drug-likeness (QED) is 0.608. The van der Waals surface area contributed by atoms with E-state index < -0.39 is 5.91 Å². The highest BCUT2D eigenvalue weighted by Crippen LogP contribution is 2.23. The Morgan fingerprint density at radius 1 is 1.04 bits per heavy atom. The van der Waals surface area contributed by atoms with Crippen molar-refractivity contribution >= 4 is 17.2 Å². The summed E-state index contributed by atoms with van der Waals surface area (Å²) in [6, 6.07) is 19.3. The highest BCUT2D eigenvalue weighted by Gasteiger charge is 2.04. The summed E-state index contributed by atoms with van der Waals surface area (Å²) in [4.78, 5) is 12.6. The smallest absolute Gasteiger partial charge is 0.248 e. The van der Waals surface area contributed by atoms with Crippen LogP contribution in [0.2, 0.25) is 0 Å². The van der Waals surface area contributed by atoms with Crippen LogP contribution in [0.25, 0.3) is 11.1 Å². The average Bonchev–Trinajstić information content (AvgIpc) is 3.15. The van der Waals surface area contributed by atoms with E-state index in [1.165, 1.54) is 4.88 Å². The van der Waals surface area contributed by atoms with Gasteiger partial charge in [-0.25, -0.2) is 0 Å². The van der Waals surface area contributed by atoms with Crippen molar-refractivity contribution in [3.8, 4) is 16.9 Å². The molecule has 5 heteroatoms. The molecule has 0 bridgehead atoms. The van der Waals surface area contributed by atoms with Crippen LogP contribution in [0.4, 0.5) is 0 Å². The molecule has 128 valence electrons. The molecule has 1 amide bonds. The first-order valence-corrected chi connectivity index (χ1v) is 8.96. The zero-order valence-corrected chi connectivity index (χ0v) is 14.6. The van der Waals surface area contributed by atoms with Gasteiger partial charge in [-0.2, -0.15) is 0 Å². The minimum atomic E-state index is -0.420. The Hall–Kier alpha value is -2.63. The zero-order chi connectivity index (χ0) is 17.5. The Morgan fingerprint density at radius 3 is 2.60 bits per heavy atom. The lowest BCUT2D eigenvalue weighted by atomic mass is 10.0. The van der Waals surface area contributed by atoms with Crippen LogP contribution in [-0.2, 0) is 6.54 Å². The maximum absolute atomic E-state index is 11.3. The summed E-state index contributed by atoms with van der Waals surface area (Å²) < 4.78 is 5.75. The predicted octanol–water partition coefficient (Wildman–Crippen LogP) is 3.68. The minimum absolute atomic E-state index is 0.420. The minimum Gasteiger partial charge on any atom is -0.492 e. The number of primary amides is 1. The first kappa shape index (κ1) is 17.2. The molecule has 3 rings (SSSR count). The van der Waals surface area contributed by atoms with Crippen LogP contribution < -0.4 is 15.8 Å². The van der Waals surface area contributed by atoms with Crippen molar-refractivity contribution in [2.75, 3.05) is 13.2 Å². The number of carbonyl (C=O) groups is 1. The molecule has 0 spiro atoms. The normalized spacial score (nSPS) is 10.6. The summed E-state index contributed by atoms with van der Waals surface area (Å²) >= 11 is 1.75. The molecule has 1 aromatic heterocycles. The van der Waals surface area contributed by atoms with E-state index in [9.17, 15) is 4.79 Å². The second-order valence-corrected chi connectivity index (χ2v) is 6.61. The molecule has 25 heavy (non-hydrogen) atoms. The lowest BCUT2D eigenvalue weighted by Gasteiger charge is -2.08. The maximum atomic E-state index is 11.3. The van der Waals surface area contributed by atoms with Crippen LogP contribution in [0.3, 0.4) is 0 Å². The van der Waals surface area contributed by atoms with E-state index in [4.69, 9.17) is 10.5 Å². The molecule has 4 nitrogen and oxygen atoms in total. The molecular weight excluding hydrogens is 332 g/mol. The predicted molar refractivity (Wildman–Crippen MR) is 102 cm³/mol. The summed E-state index contributed by atoms with van der Waals surface area (Å²) in [5, 5.41) is 5.43. The molecule has 0 aliphatic heterocycles. The summed E-state index contributed by atoms with van der Waals surface area (Å²) in [6.07, 6.45) is 0. The Kier molecular flexibility index (Phi) is 5.82. The largest absolute Gasteiger partial charge is 0.492 e. The average molecular weight is 352 g/mol. The van der Waals surface area contributed by atoms with Crippen LogP contribution >= 0.6 is 11.3 Å². The molecule has 0 aliphatic carbocycles. The number of hydrogen-bond donors (Lipinski definition) is 2. The van der Waals surface area contributed by atoms with Gasteiger partial charge >= 0.3 is 0 Å². The molecule has 3 aromatic rings. The molecule has 2 aromatic carbocycles. The Labute approximate surface area is 151 Å². The van der Waals surface area contributed by atoms with Crippen LogP contribution in [-0.4, -0.2) is 19.1 Å². The molecular formula is C20H20N2O2S. The molecule has 0 atom stereocenters. The van der Waals surface area contributed by atoms with Crippen molar-refractivity contribution in [1.29, 1.82) is 0 Å². The monoisotopic (exact) mass is 352 g/mol. The van der Waals surface area contributed by atoms with Gasteiger partial charge in [-0.15, -0.1) is 11.3 Å². The van der Waals surface area contributed by atoms with Crippen molar-refractivity contribution in [2.24, 2.45) is 5.73 Å². The second-order valence-electron chi connectivity index (χ2n) is 5.57. The van der Waals surface area contributed by atoms with E-state index in [1.807, 2.05) is 36.4 Å². The van der Waals surface area contributed by atoms with E-state index in [0.717, 1.165) is 30.0 Å². The third kappa shape index (κ3) is 4.92. The van der Waals surface area contributed by atoms with Crippen LogP contribution in [0.1, 0.15) is 15.2 Å². The Bertz CT molecular complexity index is 814. The van der Waals surface area contributed by atoms with Crippen molar-refractivity contribution in [3.63, 3.8) is 0 Å². The van der Waals surface area contributed by atoms with Gasteiger partial charge in [0.2, 0.25) is 5.91 Å². The number of carbonyl (C=O) groups excluding carboxylic acids is 1. The molecule has 0 saturated carbocycles. The second kappa shape index (κ2) is 8.46. The lowest BCUT2D eigenvalue weighted by molar-refractivity contribution is 0.100. The van der Waals surface area contributed by atoms with Gasteiger partial charge in [0, 0.05) is 23.5 Å². The number of amides is 1. The number of nitrogens with one attached hydrogen (secondary N) is 1. The number of rotatable bonds is 8. The number of nitrogens with two attached hydrogens (primary N) is 1. The SMILES string of the molecule is NC(=O)c1cccc(-c2ccc(OCCNCc3cccs3)cc2)c1. The molecule has 0 saturated heterocycles. The van der Waals surface area contributed by atoms with Gasteiger partial charge in [0.1, 0.15) is 12.4 Å². The van der Waals surface area contributed by atoms with Crippen LogP contribution in [0.15, 0.2) is 66.0 Å². The van der Waals surface area contributed by atoms with Crippen molar-refractivity contribution in [2.45, 2.75) is 6.54 Å². The first-order chi connectivity index (χ1) is 12.2. The molecule has 0 radical (unpaired) electrons. The molecule has 0 aliphatic rings. The van der Waals surface area contributed by atoms with E-state index >= 15 is 0 Å². The molecule has 0 fully saturated rings. The molecule has 0 unspecified atom stereocenters. The van der Waals surface area contributed by atoms with Crippen molar-refractivity contribution < 1.29 is 9.53 Å². The van der Waals surface area contributed by atoms with Crippen LogP contribution in [0.5, 0.6) is 5.75 Å². The van der Waals surface area contributed by atoms with Gasteiger partial charge < -0.3 is 15.8 Å². The van der Waals surface area contributed by atoms with Crippen LogP contribution in [0, 0.1) is 0 Å². The fourth-order valence-corrected chi connectivity index (χ4v) is 3.14. The summed E-state index contributed by atoms with van der Waals surface area (Å²) in [5.41, 5.74) is 7.82. The number of hydrogen-bond acceptors (Lipinski definition) is 4. The maximum Gasteiger partial charge on any atom is 0.248 e. The van der Waals surface area contributed by atoms with E-state index in [1.54, 1.807) is 23.5 Å². The van der Waals surface area contributed by atoms with Gasteiger partial charge in [-0.1, -0.05) is 30.3 Å². The van der Waals surface area contributed by atoms with Gasteiger partial charge in [0.25, 0.3) is 0 Å². The topological polar surface area (TPSA) is 64.4 Å². The molecule has 1 heterocycles.